The summed E-state index contributed by atoms with van der Waals surface area (Å²) in [6.45, 7) is 4.82. The quantitative estimate of drug-likeness (QED) is 0.582. The van der Waals surface area contributed by atoms with Gasteiger partial charge in [-0.25, -0.2) is 0 Å². The Kier molecular flexibility index (Phi) is 6.59. The van der Waals surface area contributed by atoms with Crippen LogP contribution in [0.25, 0.3) is 11.4 Å². The molecule has 6 nitrogen and oxygen atoms in total. The molecule has 0 saturated carbocycles. The fraction of sp³-hybridized carbons (Fsp3) is 0.348. The van der Waals surface area contributed by atoms with E-state index in [1.54, 1.807) is 0 Å². The van der Waals surface area contributed by atoms with Gasteiger partial charge in [-0.15, -0.1) is 0 Å². The van der Waals surface area contributed by atoms with E-state index in [9.17, 15) is 4.79 Å². The average Bonchev–Trinajstić information content (AvgIpc) is 3.22. The lowest BCUT2D eigenvalue weighted by Crippen LogP contribution is -2.42. The number of hydrogen-bond acceptors (Lipinski definition) is 5. The third-order valence-electron chi connectivity index (χ3n) is 5.50. The van der Waals surface area contributed by atoms with E-state index in [0.29, 0.717) is 31.3 Å². The highest BCUT2D eigenvalue weighted by atomic mass is 79.9. The van der Waals surface area contributed by atoms with Crippen molar-refractivity contribution < 1.29 is 9.32 Å². The molecule has 1 amide bonds. The predicted octanol–water partition coefficient (Wildman–Crippen LogP) is 4.34. The molecule has 1 aliphatic heterocycles. The van der Waals surface area contributed by atoms with Crippen molar-refractivity contribution in [3.05, 3.63) is 70.0 Å². The van der Waals surface area contributed by atoms with Gasteiger partial charge in [0.2, 0.25) is 17.6 Å². The zero-order chi connectivity index (χ0) is 20.9. The lowest BCUT2D eigenvalue weighted by atomic mass is 9.97. The van der Waals surface area contributed by atoms with E-state index < -0.39 is 0 Å². The Labute approximate surface area is 184 Å². The van der Waals surface area contributed by atoms with Crippen LogP contribution < -0.4 is 5.32 Å². The van der Waals surface area contributed by atoms with E-state index in [0.717, 1.165) is 35.0 Å². The highest BCUT2D eigenvalue weighted by molar-refractivity contribution is 9.10. The molecule has 0 aliphatic carbocycles. The van der Waals surface area contributed by atoms with Crippen LogP contribution in [0.4, 0.5) is 0 Å². The van der Waals surface area contributed by atoms with Crippen molar-refractivity contribution in [3.8, 4) is 11.4 Å². The molecule has 1 aromatic heterocycles. The fourth-order valence-electron chi connectivity index (χ4n) is 3.80. The zero-order valence-corrected chi connectivity index (χ0v) is 18.6. The van der Waals surface area contributed by atoms with Crippen LogP contribution in [-0.4, -0.2) is 34.0 Å². The number of nitrogens with zero attached hydrogens (tertiary/aromatic N) is 3. The number of halogens is 1. The van der Waals surface area contributed by atoms with Gasteiger partial charge in [0.15, 0.2) is 0 Å². The predicted molar refractivity (Wildman–Crippen MR) is 118 cm³/mol. The molecule has 0 radical (unpaired) electrons. The van der Waals surface area contributed by atoms with Gasteiger partial charge in [-0.05, 0) is 49.6 Å². The van der Waals surface area contributed by atoms with Gasteiger partial charge in [0.1, 0.15) is 0 Å². The Morgan fingerprint density at radius 1 is 1.27 bits per heavy atom. The number of carbonyl (C=O) groups is 1. The van der Waals surface area contributed by atoms with Crippen molar-refractivity contribution in [2.45, 2.75) is 32.9 Å². The first-order valence-corrected chi connectivity index (χ1v) is 11.0. The van der Waals surface area contributed by atoms with Gasteiger partial charge < -0.3 is 9.84 Å². The monoisotopic (exact) mass is 468 g/mol. The Hall–Kier alpha value is -2.51. The molecule has 1 N–H and O–H groups in total. The molecule has 1 saturated heterocycles. The molecule has 3 aromatic rings. The minimum Gasteiger partial charge on any atom is -0.352 e. The minimum atomic E-state index is -0.0183. The van der Waals surface area contributed by atoms with E-state index in [2.05, 4.69) is 55.3 Å². The molecular formula is C23H25BrN4O2. The highest BCUT2D eigenvalue weighted by Crippen LogP contribution is 2.22. The topological polar surface area (TPSA) is 71.3 Å². The molecule has 0 bridgehead atoms. The van der Waals surface area contributed by atoms with Crippen molar-refractivity contribution in [2.24, 2.45) is 5.92 Å². The maximum Gasteiger partial charge on any atom is 0.241 e. The molecule has 0 spiro atoms. The second kappa shape index (κ2) is 9.53. The first-order chi connectivity index (χ1) is 14.6. The molecule has 2 heterocycles. The maximum atomic E-state index is 12.7. The number of carbonyl (C=O) groups excluding carboxylic acids is 1. The number of nitrogens with one attached hydrogen (secondary N) is 1. The van der Waals surface area contributed by atoms with Gasteiger partial charge in [-0.3, -0.25) is 9.69 Å². The fourth-order valence-corrected chi connectivity index (χ4v) is 4.20. The van der Waals surface area contributed by atoms with Gasteiger partial charge in [0, 0.05) is 23.1 Å². The lowest BCUT2D eigenvalue weighted by Gasteiger charge is -2.30. The maximum absolute atomic E-state index is 12.7. The summed E-state index contributed by atoms with van der Waals surface area (Å²) in [6.07, 6.45) is 1.89. The van der Waals surface area contributed by atoms with Crippen LogP contribution in [0.5, 0.6) is 0 Å². The van der Waals surface area contributed by atoms with Crippen molar-refractivity contribution in [3.63, 3.8) is 0 Å². The van der Waals surface area contributed by atoms with Crippen molar-refractivity contribution in [1.82, 2.24) is 20.4 Å². The smallest absolute Gasteiger partial charge is 0.241 e. The van der Waals surface area contributed by atoms with Gasteiger partial charge in [0.05, 0.1) is 12.5 Å². The number of rotatable bonds is 6. The second-order valence-corrected chi connectivity index (χ2v) is 8.66. The van der Waals surface area contributed by atoms with E-state index in [4.69, 9.17) is 4.52 Å². The van der Waals surface area contributed by atoms with Gasteiger partial charge >= 0.3 is 0 Å². The molecule has 156 valence electrons. The molecular weight excluding hydrogens is 444 g/mol. The average molecular weight is 469 g/mol. The first kappa shape index (κ1) is 20.8. The van der Waals surface area contributed by atoms with E-state index in [-0.39, 0.29) is 11.8 Å². The molecule has 1 fully saturated rings. The first-order valence-electron chi connectivity index (χ1n) is 10.2. The number of aryl methyl sites for hydroxylation is 1. The molecule has 1 atom stereocenters. The van der Waals surface area contributed by atoms with Crippen LogP contribution in [0.1, 0.15) is 29.9 Å². The molecule has 1 aliphatic rings. The van der Waals surface area contributed by atoms with Crippen molar-refractivity contribution in [1.29, 1.82) is 0 Å². The number of aromatic nitrogens is 2. The zero-order valence-electron chi connectivity index (χ0n) is 17.0. The summed E-state index contributed by atoms with van der Waals surface area (Å²) in [5.41, 5.74) is 3.26. The van der Waals surface area contributed by atoms with Gasteiger partial charge in [0.25, 0.3) is 0 Å². The summed E-state index contributed by atoms with van der Waals surface area (Å²) in [7, 11) is 0. The van der Waals surface area contributed by atoms with Crippen molar-refractivity contribution >= 4 is 21.8 Å². The SMILES string of the molecule is Cc1ccccc1CNC(=O)C1CCCN(Cc2nc(-c3cccc(Br)c3)no2)C1. The van der Waals surface area contributed by atoms with E-state index >= 15 is 0 Å². The van der Waals surface area contributed by atoms with Gasteiger partial charge in [-0.2, -0.15) is 4.98 Å². The minimum absolute atomic E-state index is 0.0183. The van der Waals surface area contributed by atoms with E-state index in [1.807, 2.05) is 36.4 Å². The molecule has 7 heteroatoms. The number of benzene rings is 2. The molecule has 1 unspecified atom stereocenters. The normalized spacial score (nSPS) is 17.1. The largest absolute Gasteiger partial charge is 0.352 e. The van der Waals surface area contributed by atoms with Crippen LogP contribution in [0.2, 0.25) is 0 Å². The molecule has 4 rings (SSSR count). The van der Waals surface area contributed by atoms with Crippen LogP contribution in [0.3, 0.4) is 0 Å². The summed E-state index contributed by atoms with van der Waals surface area (Å²) >= 11 is 3.47. The summed E-state index contributed by atoms with van der Waals surface area (Å²) < 4.78 is 6.43. The highest BCUT2D eigenvalue weighted by Gasteiger charge is 2.27. The number of likely N-dealkylation sites (tertiary alicyclic amines) is 1. The Bertz CT molecular complexity index is 1020. The van der Waals surface area contributed by atoms with Crippen LogP contribution in [0, 0.1) is 12.8 Å². The van der Waals surface area contributed by atoms with Crippen LogP contribution in [-0.2, 0) is 17.9 Å². The van der Waals surface area contributed by atoms with Gasteiger partial charge in [-0.1, -0.05) is 57.5 Å². The van der Waals surface area contributed by atoms with Crippen LogP contribution in [0.15, 0.2) is 57.5 Å². The summed E-state index contributed by atoms with van der Waals surface area (Å²) in [4.78, 5) is 19.5. The van der Waals surface area contributed by atoms with Crippen molar-refractivity contribution in [2.75, 3.05) is 13.1 Å². The molecule has 30 heavy (non-hydrogen) atoms. The number of piperidine rings is 1. The number of amides is 1. The van der Waals surface area contributed by atoms with Crippen LogP contribution >= 0.6 is 15.9 Å². The summed E-state index contributed by atoms with van der Waals surface area (Å²) in [6, 6.07) is 16.0. The Balaban J connectivity index is 1.33. The Morgan fingerprint density at radius 2 is 2.13 bits per heavy atom. The molecule has 2 aromatic carbocycles. The number of hydrogen-bond donors (Lipinski definition) is 1. The summed E-state index contributed by atoms with van der Waals surface area (Å²) in [5, 5.41) is 7.21. The standard InChI is InChI=1S/C23H25BrN4O2/c1-16-6-2-3-7-18(16)13-25-23(29)19-9-5-11-28(14-19)15-21-26-22(27-30-21)17-8-4-10-20(24)12-17/h2-4,6-8,10,12,19H,5,9,11,13-15H2,1H3,(H,25,29). The second-order valence-electron chi connectivity index (χ2n) is 7.74. The third kappa shape index (κ3) is 5.15. The Morgan fingerprint density at radius 3 is 2.97 bits per heavy atom. The third-order valence-corrected chi connectivity index (χ3v) is 5.99. The lowest BCUT2D eigenvalue weighted by molar-refractivity contribution is -0.127. The summed E-state index contributed by atoms with van der Waals surface area (Å²) in [5.74, 6) is 1.25. The van der Waals surface area contributed by atoms with E-state index in [1.165, 1.54) is 5.56 Å².